The molecule has 0 aromatic carbocycles. The van der Waals surface area contributed by atoms with E-state index in [0.717, 1.165) is 6.42 Å². The molecule has 14 heavy (non-hydrogen) atoms. The van der Waals surface area contributed by atoms with Gasteiger partial charge in [-0.15, -0.1) is 5.09 Å². The van der Waals surface area contributed by atoms with Gasteiger partial charge in [0, 0.05) is 6.00 Å². The Balaban J connectivity index is 2.51. The highest BCUT2D eigenvalue weighted by molar-refractivity contribution is 7.57. The molecule has 80 valence electrons. The minimum absolute atomic E-state index is 0.0844. The Labute approximate surface area is 85.8 Å². The summed E-state index contributed by atoms with van der Waals surface area (Å²) in [4.78, 5) is 18.6. The highest BCUT2D eigenvalue weighted by atomic mass is 31.2. The molecule has 0 amide bonds. The van der Waals surface area contributed by atoms with Crippen LogP contribution in [0, 0.1) is 0 Å². The van der Waals surface area contributed by atoms with Gasteiger partial charge in [-0.3, -0.25) is 0 Å². The highest BCUT2D eigenvalue weighted by Gasteiger charge is 2.43. The van der Waals surface area contributed by atoms with Crippen LogP contribution in [0.3, 0.4) is 0 Å². The molecule has 0 spiro atoms. The summed E-state index contributed by atoms with van der Waals surface area (Å²) in [6.45, 7) is 1.96. The van der Waals surface area contributed by atoms with Crippen LogP contribution in [0.4, 0.5) is 0 Å². The second kappa shape index (κ2) is 4.88. The molecule has 0 aromatic heterocycles. The quantitative estimate of drug-likeness (QED) is 0.457. The lowest BCUT2D eigenvalue weighted by molar-refractivity contribution is 0.0764. The van der Waals surface area contributed by atoms with Gasteiger partial charge in [0.2, 0.25) is 0 Å². The molecule has 3 atom stereocenters. The number of nitrogens with one attached hydrogen (secondary N) is 1. The molecular weight excluding hydrogens is 204 g/mol. The van der Waals surface area contributed by atoms with E-state index >= 15 is 0 Å². The predicted octanol–water partition coefficient (Wildman–Crippen LogP) is -0.0533. The maximum absolute atomic E-state index is 9.32. The molecule has 1 rings (SSSR count). The fourth-order valence-corrected chi connectivity index (χ4v) is 2.37. The molecule has 5 nitrogen and oxygen atoms in total. The van der Waals surface area contributed by atoms with Gasteiger partial charge in [-0.25, -0.2) is 0 Å². The predicted molar refractivity (Wildman–Crippen MR) is 54.6 cm³/mol. The summed E-state index contributed by atoms with van der Waals surface area (Å²) in [6, 6.07) is -0.493. The van der Waals surface area contributed by atoms with Crippen molar-refractivity contribution in [1.82, 2.24) is 5.09 Å². The van der Waals surface area contributed by atoms with Crippen LogP contribution in [0.2, 0.25) is 0 Å². The first kappa shape index (κ1) is 12.4. The first-order chi connectivity index (χ1) is 6.48. The molecule has 0 saturated carbocycles. The lowest BCUT2D eigenvalue weighted by Gasteiger charge is -2.18. The summed E-state index contributed by atoms with van der Waals surface area (Å²) >= 11 is 0. The van der Waals surface area contributed by atoms with Gasteiger partial charge in [0.25, 0.3) is 0 Å². The average molecular weight is 220 g/mol. The van der Waals surface area contributed by atoms with Crippen LogP contribution >= 0.6 is 8.09 Å². The summed E-state index contributed by atoms with van der Waals surface area (Å²) in [6.07, 6.45) is 1.25. The Hall–Kier alpha value is 0.295. The van der Waals surface area contributed by atoms with Crippen molar-refractivity contribution in [2.75, 3.05) is 7.11 Å². The van der Waals surface area contributed by atoms with Crippen molar-refractivity contribution in [1.29, 1.82) is 0 Å². The van der Waals surface area contributed by atoms with E-state index < -0.39 is 8.09 Å². The summed E-state index contributed by atoms with van der Waals surface area (Å²) in [5.41, 5.74) is 0. The number of hydrogen-bond acceptors (Lipinski definition) is 5. The summed E-state index contributed by atoms with van der Waals surface area (Å²) in [5, 5.41) is 2.63. The van der Waals surface area contributed by atoms with E-state index in [2.05, 4.69) is 9.61 Å². The van der Waals surface area contributed by atoms with Crippen molar-refractivity contribution in [3.05, 3.63) is 0 Å². The number of ether oxygens (including phenoxy) is 1. The van der Waals surface area contributed by atoms with Crippen molar-refractivity contribution in [2.24, 2.45) is 0 Å². The maximum Gasteiger partial charge on any atom is 0.496 e. The fraction of sp³-hybridized carbons (Fsp3) is 1.00. The summed E-state index contributed by atoms with van der Waals surface area (Å²) < 4.78 is 9.91. The Morgan fingerprint density at radius 3 is 2.79 bits per heavy atom. The lowest BCUT2D eigenvalue weighted by atomic mass is 9.95. The van der Waals surface area contributed by atoms with Crippen LogP contribution in [0.25, 0.3) is 0 Å². The normalized spacial score (nSPS) is 33.6. The molecule has 1 saturated heterocycles. The van der Waals surface area contributed by atoms with Crippen molar-refractivity contribution >= 4 is 15.9 Å². The second-order valence-corrected chi connectivity index (χ2v) is 5.03. The molecule has 0 bridgehead atoms. The third kappa shape index (κ3) is 3.16. The third-order valence-corrected chi connectivity index (χ3v) is 3.45. The zero-order valence-corrected chi connectivity index (χ0v) is 9.28. The van der Waals surface area contributed by atoms with Crippen molar-refractivity contribution in [3.8, 4) is 0 Å². The zero-order valence-electron chi connectivity index (χ0n) is 8.38. The van der Waals surface area contributed by atoms with Gasteiger partial charge >= 0.3 is 8.09 Å². The maximum atomic E-state index is 9.32. The molecule has 1 aliphatic rings. The van der Waals surface area contributed by atoms with E-state index in [9.17, 15) is 9.79 Å². The molecule has 0 aliphatic carbocycles. The van der Waals surface area contributed by atoms with Crippen LogP contribution in [-0.4, -0.2) is 42.9 Å². The summed E-state index contributed by atoms with van der Waals surface area (Å²) in [7, 11) is 3.41. The fourth-order valence-electron chi connectivity index (χ4n) is 1.56. The van der Waals surface area contributed by atoms with E-state index in [1.807, 2.05) is 6.92 Å². The average Bonchev–Trinajstić information content (AvgIpc) is 2.45. The van der Waals surface area contributed by atoms with Gasteiger partial charge in [0.1, 0.15) is 7.85 Å². The molecule has 3 N–H and O–H groups in total. The Morgan fingerprint density at radius 1 is 1.64 bits per heavy atom. The minimum atomic E-state index is -3.44. The van der Waals surface area contributed by atoms with Gasteiger partial charge in [-0.1, -0.05) is 6.92 Å². The number of rotatable bonds is 4. The SMILES string of the molecule is [B][C@H]1CC(N[P+](O)(O)OC)[C@@H](CC)O1. The lowest BCUT2D eigenvalue weighted by Crippen LogP contribution is -2.36. The first-order valence-electron chi connectivity index (χ1n) is 4.57. The summed E-state index contributed by atoms with van der Waals surface area (Å²) in [5.74, 6) is 0. The van der Waals surface area contributed by atoms with Gasteiger partial charge in [-0.2, -0.15) is 14.3 Å². The number of hydrogen-bond donors (Lipinski definition) is 3. The van der Waals surface area contributed by atoms with E-state index in [-0.39, 0.29) is 18.1 Å². The smallest absolute Gasteiger partial charge is 0.383 e. The molecule has 1 aliphatic heterocycles. The van der Waals surface area contributed by atoms with Gasteiger partial charge in [-0.05, 0) is 12.8 Å². The van der Waals surface area contributed by atoms with E-state index in [4.69, 9.17) is 12.6 Å². The van der Waals surface area contributed by atoms with Crippen LogP contribution in [-0.2, 0) is 9.26 Å². The Morgan fingerprint density at radius 2 is 2.29 bits per heavy atom. The molecule has 1 fully saturated rings. The molecular formula is C7H16BNO4P+. The van der Waals surface area contributed by atoms with E-state index in [1.54, 1.807) is 0 Å². The van der Waals surface area contributed by atoms with E-state index in [1.165, 1.54) is 7.11 Å². The molecule has 2 radical (unpaired) electrons. The molecule has 0 aromatic rings. The van der Waals surface area contributed by atoms with Crippen LogP contribution < -0.4 is 5.09 Å². The Bertz CT molecular complexity index is 195. The highest BCUT2D eigenvalue weighted by Crippen LogP contribution is 2.47. The standard InChI is InChI=1S/C7H16BNO4P/c1-3-6-5(4-7(8)13-6)9-14(10,11)12-2/h5-7,9-11H,3-4H2,1-2H3/q+1/t5?,6-,7-/m1/s1. The van der Waals surface area contributed by atoms with Crippen LogP contribution in [0.1, 0.15) is 19.8 Å². The molecule has 1 heterocycles. The minimum Gasteiger partial charge on any atom is -0.383 e. The largest absolute Gasteiger partial charge is 0.496 e. The van der Waals surface area contributed by atoms with Crippen LogP contribution in [0.5, 0.6) is 0 Å². The third-order valence-electron chi connectivity index (χ3n) is 2.28. The first-order valence-corrected chi connectivity index (χ1v) is 6.19. The zero-order chi connectivity index (χ0) is 10.8. The second-order valence-electron chi connectivity index (χ2n) is 3.32. The Kier molecular flexibility index (Phi) is 4.31. The van der Waals surface area contributed by atoms with Gasteiger partial charge in [0.15, 0.2) is 0 Å². The van der Waals surface area contributed by atoms with Gasteiger partial charge in [0.05, 0.1) is 19.3 Å². The van der Waals surface area contributed by atoms with Gasteiger partial charge < -0.3 is 4.74 Å². The molecule has 1 unspecified atom stereocenters. The van der Waals surface area contributed by atoms with Crippen molar-refractivity contribution < 1.29 is 19.0 Å². The molecule has 7 heteroatoms. The van der Waals surface area contributed by atoms with Crippen molar-refractivity contribution in [3.63, 3.8) is 0 Å². The monoisotopic (exact) mass is 220 g/mol. The topological polar surface area (TPSA) is 71.0 Å². The van der Waals surface area contributed by atoms with Crippen molar-refractivity contribution in [2.45, 2.75) is 37.9 Å². The van der Waals surface area contributed by atoms with Crippen LogP contribution in [0.15, 0.2) is 0 Å². The van der Waals surface area contributed by atoms with E-state index in [0.29, 0.717) is 6.42 Å².